The highest BCUT2D eigenvalue weighted by Crippen LogP contribution is 2.06. The molecular formula is C21H34N2O3. The summed E-state index contributed by atoms with van der Waals surface area (Å²) in [7, 11) is 0. The molecule has 1 rings (SSSR count). The highest BCUT2D eigenvalue weighted by atomic mass is 16.5. The lowest BCUT2D eigenvalue weighted by atomic mass is 10.0. The smallest absolute Gasteiger partial charge is 0.408 e. The molecule has 0 heterocycles. The second-order valence-electron chi connectivity index (χ2n) is 6.99. The van der Waals surface area contributed by atoms with Gasteiger partial charge in [0.1, 0.15) is 12.6 Å². The molecule has 1 atom stereocenters. The second kappa shape index (κ2) is 13.2. The number of alkyl carbamates (subject to hydrolysis) is 1. The Bertz CT molecular complexity index is 517. The molecule has 0 saturated heterocycles. The van der Waals surface area contributed by atoms with Crippen molar-refractivity contribution in [3.8, 4) is 0 Å². The Morgan fingerprint density at radius 2 is 1.65 bits per heavy atom. The summed E-state index contributed by atoms with van der Waals surface area (Å²) < 4.78 is 5.21. The fraction of sp³-hybridized carbons (Fsp3) is 0.619. The average molecular weight is 363 g/mol. The lowest BCUT2D eigenvalue weighted by molar-refractivity contribution is -0.124. The van der Waals surface area contributed by atoms with E-state index < -0.39 is 12.1 Å². The molecule has 2 amide bonds. The summed E-state index contributed by atoms with van der Waals surface area (Å²) in [5, 5.41) is 5.61. The van der Waals surface area contributed by atoms with Crippen molar-refractivity contribution in [1.29, 1.82) is 0 Å². The summed E-state index contributed by atoms with van der Waals surface area (Å²) in [5.41, 5.74) is 0.913. The van der Waals surface area contributed by atoms with Crippen LogP contribution in [0, 0.1) is 5.92 Å². The quantitative estimate of drug-likeness (QED) is 0.541. The molecule has 0 aromatic heterocycles. The number of hydrogen-bond donors (Lipinski definition) is 2. The molecule has 0 unspecified atom stereocenters. The normalized spacial score (nSPS) is 11.8. The first-order valence-corrected chi connectivity index (χ1v) is 9.79. The topological polar surface area (TPSA) is 67.4 Å². The number of rotatable bonds is 12. The van der Waals surface area contributed by atoms with Gasteiger partial charge in [-0.3, -0.25) is 4.79 Å². The maximum Gasteiger partial charge on any atom is 0.408 e. The first kappa shape index (κ1) is 22.0. The Morgan fingerprint density at radius 3 is 2.31 bits per heavy atom. The molecule has 0 aliphatic carbocycles. The zero-order valence-electron chi connectivity index (χ0n) is 16.4. The van der Waals surface area contributed by atoms with Gasteiger partial charge >= 0.3 is 6.09 Å². The molecule has 0 fully saturated rings. The number of carbonyl (C=O) groups excluding carboxylic acids is 2. The van der Waals surface area contributed by atoms with Crippen LogP contribution in [0.15, 0.2) is 30.3 Å². The molecule has 26 heavy (non-hydrogen) atoms. The van der Waals surface area contributed by atoms with Crippen molar-refractivity contribution < 1.29 is 14.3 Å². The highest BCUT2D eigenvalue weighted by Gasteiger charge is 2.24. The zero-order chi connectivity index (χ0) is 19.2. The third-order valence-electron chi connectivity index (χ3n) is 4.26. The fourth-order valence-electron chi connectivity index (χ4n) is 2.65. The Morgan fingerprint density at radius 1 is 1.00 bits per heavy atom. The van der Waals surface area contributed by atoms with E-state index in [0.29, 0.717) is 6.54 Å². The van der Waals surface area contributed by atoms with Crippen LogP contribution in [0.1, 0.15) is 64.9 Å². The van der Waals surface area contributed by atoms with Gasteiger partial charge in [-0.1, -0.05) is 83.2 Å². The van der Waals surface area contributed by atoms with Crippen LogP contribution < -0.4 is 10.6 Å². The summed E-state index contributed by atoms with van der Waals surface area (Å²) in [4.78, 5) is 24.3. The Balaban J connectivity index is 2.30. The Hall–Kier alpha value is -2.04. The van der Waals surface area contributed by atoms with Crippen LogP contribution in [0.2, 0.25) is 0 Å². The molecule has 1 aromatic carbocycles. The number of benzene rings is 1. The van der Waals surface area contributed by atoms with Crippen molar-refractivity contribution in [3.05, 3.63) is 35.9 Å². The third kappa shape index (κ3) is 9.44. The molecular weight excluding hydrogens is 328 g/mol. The standard InChI is InChI=1S/C21H34N2O3/c1-4-5-6-7-8-12-15-22-20(24)19(17(2)3)23-21(25)26-16-18-13-10-9-11-14-18/h9-11,13-14,17,19H,4-8,12,15-16H2,1-3H3,(H,22,24)(H,23,25)/t19-/m0/s1. The lowest BCUT2D eigenvalue weighted by Crippen LogP contribution is -2.50. The molecule has 0 radical (unpaired) electrons. The van der Waals surface area contributed by atoms with Gasteiger partial charge in [0.05, 0.1) is 0 Å². The molecule has 1 aromatic rings. The largest absolute Gasteiger partial charge is 0.445 e. The van der Waals surface area contributed by atoms with Gasteiger partial charge in [0.25, 0.3) is 0 Å². The molecule has 0 aliphatic rings. The van der Waals surface area contributed by atoms with Gasteiger partial charge in [0.2, 0.25) is 5.91 Å². The van der Waals surface area contributed by atoms with Crippen LogP contribution in [0.4, 0.5) is 4.79 Å². The van der Waals surface area contributed by atoms with Gasteiger partial charge in [0, 0.05) is 6.54 Å². The predicted octanol–water partition coefficient (Wildman–Crippen LogP) is 4.41. The van der Waals surface area contributed by atoms with E-state index in [2.05, 4.69) is 17.6 Å². The van der Waals surface area contributed by atoms with E-state index >= 15 is 0 Å². The molecule has 146 valence electrons. The van der Waals surface area contributed by atoms with E-state index in [1.54, 1.807) is 0 Å². The number of carbonyl (C=O) groups is 2. The van der Waals surface area contributed by atoms with E-state index in [-0.39, 0.29) is 18.4 Å². The van der Waals surface area contributed by atoms with Crippen molar-refractivity contribution in [2.24, 2.45) is 5.92 Å². The Labute approximate surface area is 157 Å². The van der Waals surface area contributed by atoms with E-state index in [4.69, 9.17) is 4.74 Å². The van der Waals surface area contributed by atoms with Crippen molar-refractivity contribution in [1.82, 2.24) is 10.6 Å². The third-order valence-corrected chi connectivity index (χ3v) is 4.26. The number of ether oxygens (including phenoxy) is 1. The summed E-state index contributed by atoms with van der Waals surface area (Å²) in [6.45, 7) is 6.86. The maximum absolute atomic E-state index is 12.3. The van der Waals surface area contributed by atoms with Gasteiger partial charge in [-0.05, 0) is 17.9 Å². The average Bonchev–Trinajstić information content (AvgIpc) is 2.64. The van der Waals surface area contributed by atoms with Gasteiger partial charge in [-0.25, -0.2) is 4.79 Å². The predicted molar refractivity (Wildman–Crippen MR) is 105 cm³/mol. The van der Waals surface area contributed by atoms with Crippen molar-refractivity contribution in [2.75, 3.05) is 6.54 Å². The number of unbranched alkanes of at least 4 members (excludes halogenated alkanes) is 5. The van der Waals surface area contributed by atoms with Crippen LogP contribution in [0.5, 0.6) is 0 Å². The number of hydrogen-bond acceptors (Lipinski definition) is 3. The van der Waals surface area contributed by atoms with Crippen LogP contribution in [-0.4, -0.2) is 24.6 Å². The van der Waals surface area contributed by atoms with E-state index in [1.165, 1.54) is 25.7 Å². The van der Waals surface area contributed by atoms with Crippen LogP contribution >= 0.6 is 0 Å². The summed E-state index contributed by atoms with van der Waals surface area (Å²) in [5.74, 6) is -0.158. The minimum absolute atomic E-state index is 0.0103. The van der Waals surface area contributed by atoms with Crippen molar-refractivity contribution in [3.63, 3.8) is 0 Å². The van der Waals surface area contributed by atoms with E-state index in [1.807, 2.05) is 44.2 Å². The van der Waals surface area contributed by atoms with Gasteiger partial charge in [-0.15, -0.1) is 0 Å². The summed E-state index contributed by atoms with van der Waals surface area (Å²) in [6.07, 6.45) is 6.50. The maximum atomic E-state index is 12.3. The van der Waals surface area contributed by atoms with Crippen LogP contribution in [0.3, 0.4) is 0 Å². The van der Waals surface area contributed by atoms with E-state index in [9.17, 15) is 9.59 Å². The van der Waals surface area contributed by atoms with Crippen LogP contribution in [-0.2, 0) is 16.1 Å². The molecule has 2 N–H and O–H groups in total. The molecule has 0 saturated carbocycles. The zero-order valence-corrected chi connectivity index (χ0v) is 16.4. The fourth-order valence-corrected chi connectivity index (χ4v) is 2.65. The second-order valence-corrected chi connectivity index (χ2v) is 6.99. The van der Waals surface area contributed by atoms with Crippen molar-refractivity contribution >= 4 is 12.0 Å². The minimum Gasteiger partial charge on any atom is -0.445 e. The summed E-state index contributed by atoms with van der Waals surface area (Å²) >= 11 is 0. The first-order valence-electron chi connectivity index (χ1n) is 9.79. The molecule has 0 spiro atoms. The van der Waals surface area contributed by atoms with E-state index in [0.717, 1.165) is 18.4 Å². The number of nitrogens with one attached hydrogen (secondary N) is 2. The van der Waals surface area contributed by atoms with Crippen LogP contribution in [0.25, 0.3) is 0 Å². The van der Waals surface area contributed by atoms with Gasteiger partial charge < -0.3 is 15.4 Å². The molecule has 0 bridgehead atoms. The SMILES string of the molecule is CCCCCCCCNC(=O)[C@@H](NC(=O)OCc1ccccc1)C(C)C. The van der Waals surface area contributed by atoms with Gasteiger partial charge in [-0.2, -0.15) is 0 Å². The Kier molecular flexibility index (Phi) is 11.2. The summed E-state index contributed by atoms with van der Waals surface area (Å²) in [6, 6.07) is 8.89. The number of amides is 2. The molecule has 5 heteroatoms. The van der Waals surface area contributed by atoms with Gasteiger partial charge in [0.15, 0.2) is 0 Å². The lowest BCUT2D eigenvalue weighted by Gasteiger charge is -2.21. The molecule has 5 nitrogen and oxygen atoms in total. The minimum atomic E-state index is -0.585. The molecule has 0 aliphatic heterocycles. The first-order chi connectivity index (χ1) is 12.5. The van der Waals surface area contributed by atoms with Crippen molar-refractivity contribution in [2.45, 2.75) is 71.9 Å². The monoisotopic (exact) mass is 362 g/mol. The highest BCUT2D eigenvalue weighted by molar-refractivity contribution is 5.85.